The van der Waals surface area contributed by atoms with E-state index in [1.54, 1.807) is 0 Å². The van der Waals surface area contributed by atoms with Crippen LogP contribution < -0.4 is 4.74 Å². The number of hydrogen-bond donors (Lipinski definition) is 1. The lowest BCUT2D eigenvalue weighted by Crippen LogP contribution is -2.37. The monoisotopic (exact) mass is 341 g/mol. The Morgan fingerprint density at radius 2 is 2.15 bits per heavy atom. The zero-order chi connectivity index (χ0) is 14.7. The molecule has 0 aromatic carbocycles. The Labute approximate surface area is 129 Å². The number of carbonyl (C=O) groups is 1. The molecular formula is C11H10Cl3NO5. The summed E-state index contributed by atoms with van der Waals surface area (Å²) in [5.41, 5.74) is 0. The lowest BCUT2D eigenvalue weighted by Gasteiger charge is -2.14. The van der Waals surface area contributed by atoms with Crippen LogP contribution >= 0.6 is 34.8 Å². The van der Waals surface area contributed by atoms with Gasteiger partial charge in [-0.25, -0.2) is 0 Å². The van der Waals surface area contributed by atoms with Crippen LogP contribution in [0.5, 0.6) is 5.88 Å². The first-order chi connectivity index (χ1) is 9.52. The highest BCUT2D eigenvalue weighted by Gasteiger charge is 2.35. The third-order valence-corrected chi connectivity index (χ3v) is 3.51. The fourth-order valence-corrected chi connectivity index (χ4v) is 2.14. The predicted molar refractivity (Wildman–Crippen MR) is 71.5 cm³/mol. The molecule has 0 saturated carbocycles. The molecule has 110 valence electrons. The van der Waals surface area contributed by atoms with Gasteiger partial charge in [0.2, 0.25) is 11.7 Å². The van der Waals surface area contributed by atoms with Gasteiger partial charge in [0.05, 0.1) is 11.6 Å². The summed E-state index contributed by atoms with van der Waals surface area (Å²) in [4.78, 5) is 15.7. The van der Waals surface area contributed by atoms with Crippen molar-refractivity contribution in [3.63, 3.8) is 0 Å². The van der Waals surface area contributed by atoms with Gasteiger partial charge in [-0.3, -0.25) is 4.79 Å². The average Bonchev–Trinajstić information content (AvgIpc) is 2.89. The fourth-order valence-electron chi connectivity index (χ4n) is 1.59. The minimum Gasteiger partial charge on any atom is -0.468 e. The van der Waals surface area contributed by atoms with E-state index in [1.165, 1.54) is 6.07 Å². The van der Waals surface area contributed by atoms with Crippen molar-refractivity contribution < 1.29 is 24.1 Å². The number of aliphatic hydroxyl groups is 1. The SMILES string of the molecule is O=C(COc1nc(Cl)c(Cl)cc1Cl)C1OCOC1CO. The van der Waals surface area contributed by atoms with Crippen LogP contribution in [0.25, 0.3) is 0 Å². The second kappa shape index (κ2) is 6.89. The molecule has 1 saturated heterocycles. The second-order valence-corrected chi connectivity index (χ2v) is 5.07. The van der Waals surface area contributed by atoms with Crippen molar-refractivity contribution in [2.24, 2.45) is 0 Å². The normalized spacial score (nSPS) is 22.0. The molecule has 2 unspecified atom stereocenters. The molecule has 6 nitrogen and oxygen atoms in total. The van der Waals surface area contributed by atoms with Gasteiger partial charge in [-0.15, -0.1) is 0 Å². The number of rotatable bonds is 5. The molecule has 2 atom stereocenters. The van der Waals surface area contributed by atoms with E-state index in [9.17, 15) is 4.79 Å². The molecule has 2 rings (SSSR count). The quantitative estimate of drug-likeness (QED) is 0.821. The Kier molecular flexibility index (Phi) is 5.42. The lowest BCUT2D eigenvalue weighted by molar-refractivity contribution is -0.130. The molecule has 1 aromatic heterocycles. The topological polar surface area (TPSA) is 77.9 Å². The molecule has 1 aliphatic heterocycles. The summed E-state index contributed by atoms with van der Waals surface area (Å²) in [5, 5.41) is 9.36. The first-order valence-corrected chi connectivity index (χ1v) is 6.67. The number of Topliss-reactive ketones (excluding diaryl/α,β-unsaturated/α-hetero) is 1. The molecule has 1 N–H and O–H groups in total. The van der Waals surface area contributed by atoms with Crippen LogP contribution in [0.3, 0.4) is 0 Å². The molecule has 1 aliphatic rings. The molecule has 0 spiro atoms. The van der Waals surface area contributed by atoms with Gasteiger partial charge in [0.15, 0.2) is 17.9 Å². The Hall–Kier alpha value is -0.630. The summed E-state index contributed by atoms with van der Waals surface area (Å²) in [5.74, 6) is -0.403. The van der Waals surface area contributed by atoms with E-state index in [2.05, 4.69) is 4.98 Å². The number of ether oxygens (including phenoxy) is 3. The van der Waals surface area contributed by atoms with E-state index >= 15 is 0 Å². The highest BCUT2D eigenvalue weighted by Crippen LogP contribution is 2.30. The summed E-state index contributed by atoms with van der Waals surface area (Å²) in [6, 6.07) is 1.37. The maximum Gasteiger partial charge on any atom is 0.234 e. The van der Waals surface area contributed by atoms with E-state index < -0.39 is 18.0 Å². The van der Waals surface area contributed by atoms with Crippen molar-refractivity contribution in [1.82, 2.24) is 4.98 Å². The van der Waals surface area contributed by atoms with E-state index in [1.807, 2.05) is 0 Å². The zero-order valence-corrected chi connectivity index (χ0v) is 12.3. The number of halogens is 3. The Balaban J connectivity index is 1.98. The summed E-state index contributed by atoms with van der Waals surface area (Å²) in [6.07, 6.45) is -1.56. The van der Waals surface area contributed by atoms with Gasteiger partial charge in [0, 0.05) is 0 Å². The Morgan fingerprint density at radius 1 is 1.40 bits per heavy atom. The number of hydrogen-bond acceptors (Lipinski definition) is 6. The van der Waals surface area contributed by atoms with Crippen LogP contribution in [-0.2, 0) is 14.3 Å². The molecule has 1 fully saturated rings. The van der Waals surface area contributed by atoms with Crippen molar-refractivity contribution in [3.05, 3.63) is 21.3 Å². The molecule has 0 bridgehead atoms. The van der Waals surface area contributed by atoms with Gasteiger partial charge in [-0.2, -0.15) is 4.98 Å². The smallest absolute Gasteiger partial charge is 0.234 e. The van der Waals surface area contributed by atoms with Gasteiger partial charge in [0.25, 0.3) is 0 Å². The van der Waals surface area contributed by atoms with Crippen LogP contribution in [0, 0.1) is 0 Å². The average molecular weight is 343 g/mol. The van der Waals surface area contributed by atoms with Gasteiger partial charge in [0.1, 0.15) is 17.9 Å². The summed E-state index contributed by atoms with van der Waals surface area (Å²) < 4.78 is 15.3. The molecule has 1 aromatic rings. The molecule has 20 heavy (non-hydrogen) atoms. The van der Waals surface area contributed by atoms with Crippen molar-refractivity contribution in [2.75, 3.05) is 20.0 Å². The minimum absolute atomic E-state index is 0.00567. The van der Waals surface area contributed by atoms with E-state index in [4.69, 9.17) is 54.1 Å². The number of aliphatic hydroxyl groups excluding tert-OH is 1. The van der Waals surface area contributed by atoms with E-state index in [-0.39, 0.29) is 41.1 Å². The van der Waals surface area contributed by atoms with Crippen molar-refractivity contribution in [3.8, 4) is 5.88 Å². The molecule has 0 radical (unpaired) electrons. The van der Waals surface area contributed by atoms with Gasteiger partial charge in [-0.1, -0.05) is 34.8 Å². The molecular weight excluding hydrogens is 332 g/mol. The van der Waals surface area contributed by atoms with Crippen LogP contribution in [0.1, 0.15) is 0 Å². The van der Waals surface area contributed by atoms with Gasteiger partial charge in [-0.05, 0) is 6.07 Å². The predicted octanol–water partition coefficient (Wildman–Crippen LogP) is 1.72. The maximum atomic E-state index is 11.9. The number of nitrogens with zero attached hydrogens (tertiary/aromatic N) is 1. The van der Waals surface area contributed by atoms with Crippen molar-refractivity contribution >= 4 is 40.6 Å². The van der Waals surface area contributed by atoms with Crippen LogP contribution in [0.4, 0.5) is 0 Å². The Bertz CT molecular complexity index is 513. The zero-order valence-electron chi connectivity index (χ0n) is 10.0. The lowest BCUT2D eigenvalue weighted by atomic mass is 10.1. The second-order valence-electron chi connectivity index (χ2n) is 3.90. The summed E-state index contributed by atoms with van der Waals surface area (Å²) in [6.45, 7) is -0.704. The highest BCUT2D eigenvalue weighted by atomic mass is 35.5. The summed E-state index contributed by atoms with van der Waals surface area (Å²) >= 11 is 17.3. The van der Waals surface area contributed by atoms with Gasteiger partial charge < -0.3 is 19.3 Å². The van der Waals surface area contributed by atoms with Crippen molar-refractivity contribution in [2.45, 2.75) is 12.2 Å². The van der Waals surface area contributed by atoms with Gasteiger partial charge >= 0.3 is 0 Å². The number of ketones is 1. The maximum absolute atomic E-state index is 11.9. The number of carbonyl (C=O) groups excluding carboxylic acids is 1. The van der Waals surface area contributed by atoms with Crippen LogP contribution in [0.2, 0.25) is 15.2 Å². The van der Waals surface area contributed by atoms with Crippen molar-refractivity contribution in [1.29, 1.82) is 0 Å². The largest absolute Gasteiger partial charge is 0.468 e. The van der Waals surface area contributed by atoms with Crippen LogP contribution in [0.15, 0.2) is 6.07 Å². The third-order valence-electron chi connectivity index (χ3n) is 2.57. The molecule has 0 amide bonds. The number of aromatic nitrogens is 1. The fraction of sp³-hybridized carbons (Fsp3) is 0.455. The first kappa shape index (κ1) is 15.8. The Morgan fingerprint density at radius 3 is 2.85 bits per heavy atom. The van der Waals surface area contributed by atoms with E-state index in [0.717, 1.165) is 0 Å². The molecule has 9 heteroatoms. The molecule has 2 heterocycles. The summed E-state index contributed by atoms with van der Waals surface area (Å²) in [7, 11) is 0. The minimum atomic E-state index is -0.874. The number of pyridine rings is 1. The molecule has 0 aliphatic carbocycles. The third kappa shape index (κ3) is 3.52. The first-order valence-electron chi connectivity index (χ1n) is 5.54. The highest BCUT2D eigenvalue weighted by molar-refractivity contribution is 6.42. The van der Waals surface area contributed by atoms with E-state index in [0.29, 0.717) is 0 Å². The van der Waals surface area contributed by atoms with Crippen LogP contribution in [-0.4, -0.2) is 48.1 Å². The standard InChI is InChI=1S/C11H10Cl3NO5/c12-5-1-6(13)11(15-10(5)14)18-3-7(17)9-8(2-16)19-4-20-9/h1,8-9,16H,2-4H2.